The minimum atomic E-state index is 0.0215. The van der Waals surface area contributed by atoms with Crippen molar-refractivity contribution in [2.45, 2.75) is 26.9 Å². The van der Waals surface area contributed by atoms with Crippen LogP contribution < -0.4 is 10.6 Å². The number of nitrogens with one attached hydrogen (secondary N) is 2. The Hall–Kier alpha value is -1.36. The van der Waals surface area contributed by atoms with Crippen molar-refractivity contribution < 1.29 is 4.79 Å². The first-order valence-corrected chi connectivity index (χ1v) is 5.24. The lowest BCUT2D eigenvalue weighted by molar-refractivity contribution is -0.121. The van der Waals surface area contributed by atoms with Crippen LogP contribution in [0.25, 0.3) is 0 Å². The zero-order valence-corrected chi connectivity index (χ0v) is 9.29. The molecule has 5 heteroatoms. The molecular formula is C10H18N4O. The molecule has 0 fully saturated rings. The molecule has 1 aromatic rings. The van der Waals surface area contributed by atoms with Crippen LogP contribution in [0.5, 0.6) is 0 Å². The summed E-state index contributed by atoms with van der Waals surface area (Å²) in [7, 11) is 0. The molecule has 84 valence electrons. The summed E-state index contributed by atoms with van der Waals surface area (Å²) in [5, 5.41) is 5.96. The van der Waals surface area contributed by atoms with Crippen molar-refractivity contribution in [2.75, 3.05) is 13.1 Å². The Kier molecular flexibility index (Phi) is 4.83. The summed E-state index contributed by atoms with van der Waals surface area (Å²) in [6, 6.07) is 0. The number of likely N-dealkylation sites (N-methyl/N-ethyl adjacent to an activating group) is 1. The lowest BCUT2D eigenvalue weighted by Gasteiger charge is -2.07. The Morgan fingerprint density at radius 2 is 2.27 bits per heavy atom. The molecular weight excluding hydrogens is 192 g/mol. The predicted octanol–water partition coefficient (Wildman–Crippen LogP) is 0.129. The number of carbonyl (C=O) groups excluding carboxylic acids is 1. The third-order valence-corrected chi connectivity index (χ3v) is 2.04. The van der Waals surface area contributed by atoms with Crippen LogP contribution in [0.4, 0.5) is 0 Å². The highest BCUT2D eigenvalue weighted by Gasteiger charge is 2.05. The van der Waals surface area contributed by atoms with Crippen molar-refractivity contribution in [1.29, 1.82) is 0 Å². The number of hydrogen-bond donors (Lipinski definition) is 2. The summed E-state index contributed by atoms with van der Waals surface area (Å²) in [6.45, 7) is 6.61. The first kappa shape index (κ1) is 11.7. The minimum absolute atomic E-state index is 0.0215. The number of hydrogen-bond acceptors (Lipinski definition) is 3. The van der Waals surface area contributed by atoms with Crippen LogP contribution in [0.3, 0.4) is 0 Å². The zero-order valence-electron chi connectivity index (χ0n) is 9.29. The highest BCUT2D eigenvalue weighted by Crippen LogP contribution is 1.98. The average Bonchev–Trinajstić information content (AvgIpc) is 2.63. The van der Waals surface area contributed by atoms with E-state index in [0.717, 1.165) is 18.8 Å². The second kappa shape index (κ2) is 6.19. The molecule has 0 aliphatic carbocycles. The summed E-state index contributed by atoms with van der Waals surface area (Å²) in [5.41, 5.74) is 1.03. The number of amides is 1. The highest BCUT2D eigenvalue weighted by molar-refractivity contribution is 5.75. The van der Waals surface area contributed by atoms with Crippen LogP contribution in [-0.2, 0) is 17.9 Å². The van der Waals surface area contributed by atoms with Crippen LogP contribution in [0.15, 0.2) is 12.5 Å². The summed E-state index contributed by atoms with van der Waals surface area (Å²) >= 11 is 0. The normalized spacial score (nSPS) is 10.3. The number of rotatable bonds is 6. The van der Waals surface area contributed by atoms with E-state index in [2.05, 4.69) is 15.6 Å². The highest BCUT2D eigenvalue weighted by atomic mass is 16.1. The van der Waals surface area contributed by atoms with Crippen molar-refractivity contribution in [2.24, 2.45) is 0 Å². The van der Waals surface area contributed by atoms with Gasteiger partial charge in [-0.1, -0.05) is 6.92 Å². The quantitative estimate of drug-likeness (QED) is 0.701. The third-order valence-electron chi connectivity index (χ3n) is 2.04. The van der Waals surface area contributed by atoms with Crippen molar-refractivity contribution in [1.82, 2.24) is 20.2 Å². The fourth-order valence-corrected chi connectivity index (χ4v) is 1.30. The fraction of sp³-hybridized carbons (Fsp3) is 0.600. The van der Waals surface area contributed by atoms with Gasteiger partial charge in [-0.2, -0.15) is 0 Å². The van der Waals surface area contributed by atoms with E-state index in [1.54, 1.807) is 12.5 Å². The van der Waals surface area contributed by atoms with E-state index in [-0.39, 0.29) is 5.91 Å². The van der Waals surface area contributed by atoms with Gasteiger partial charge in [-0.05, 0) is 13.5 Å². The number of carbonyl (C=O) groups is 1. The molecule has 0 atom stereocenters. The molecule has 0 radical (unpaired) electrons. The van der Waals surface area contributed by atoms with E-state index < -0.39 is 0 Å². The van der Waals surface area contributed by atoms with E-state index >= 15 is 0 Å². The van der Waals surface area contributed by atoms with Crippen LogP contribution in [0.2, 0.25) is 0 Å². The first-order chi connectivity index (χ1) is 7.27. The second-order valence-electron chi connectivity index (χ2n) is 3.25. The SMILES string of the molecule is CCNCc1cncn1CC(=O)NCC. The Labute approximate surface area is 89.9 Å². The number of nitrogens with zero attached hydrogens (tertiary/aromatic N) is 2. The molecule has 1 rings (SSSR count). The Balaban J connectivity index is 2.52. The average molecular weight is 210 g/mol. The van der Waals surface area contributed by atoms with Gasteiger partial charge < -0.3 is 15.2 Å². The fourth-order valence-electron chi connectivity index (χ4n) is 1.30. The molecule has 0 unspecified atom stereocenters. The molecule has 1 aromatic heterocycles. The van der Waals surface area contributed by atoms with Gasteiger partial charge >= 0.3 is 0 Å². The van der Waals surface area contributed by atoms with Gasteiger partial charge in [-0.15, -0.1) is 0 Å². The lowest BCUT2D eigenvalue weighted by Crippen LogP contribution is -2.28. The molecule has 2 N–H and O–H groups in total. The van der Waals surface area contributed by atoms with Crippen molar-refractivity contribution in [3.63, 3.8) is 0 Å². The molecule has 0 aliphatic rings. The molecule has 0 spiro atoms. The van der Waals surface area contributed by atoms with Crippen molar-refractivity contribution >= 4 is 5.91 Å². The zero-order chi connectivity index (χ0) is 11.1. The molecule has 0 saturated heterocycles. The molecule has 0 aromatic carbocycles. The largest absolute Gasteiger partial charge is 0.355 e. The van der Waals surface area contributed by atoms with E-state index in [9.17, 15) is 4.79 Å². The van der Waals surface area contributed by atoms with Gasteiger partial charge in [0.25, 0.3) is 0 Å². The maximum Gasteiger partial charge on any atom is 0.239 e. The smallest absolute Gasteiger partial charge is 0.239 e. The van der Waals surface area contributed by atoms with Gasteiger partial charge in [-0.25, -0.2) is 4.98 Å². The van der Waals surface area contributed by atoms with Crippen LogP contribution in [0.1, 0.15) is 19.5 Å². The third kappa shape index (κ3) is 3.71. The number of aromatic nitrogens is 2. The van der Waals surface area contributed by atoms with E-state index in [1.807, 2.05) is 18.4 Å². The maximum absolute atomic E-state index is 11.4. The standard InChI is InChI=1S/C10H18N4O/c1-3-11-5-9-6-12-8-14(9)7-10(15)13-4-2/h6,8,11H,3-5,7H2,1-2H3,(H,13,15). The number of imidazole rings is 1. The van der Waals surface area contributed by atoms with Crippen LogP contribution >= 0.6 is 0 Å². The van der Waals surface area contributed by atoms with E-state index in [4.69, 9.17) is 0 Å². The minimum Gasteiger partial charge on any atom is -0.355 e. The topological polar surface area (TPSA) is 59.0 Å². The van der Waals surface area contributed by atoms with Gasteiger partial charge in [0.05, 0.1) is 12.0 Å². The van der Waals surface area contributed by atoms with Crippen LogP contribution in [0, 0.1) is 0 Å². The van der Waals surface area contributed by atoms with Gasteiger partial charge in [0.2, 0.25) is 5.91 Å². The maximum atomic E-state index is 11.4. The first-order valence-electron chi connectivity index (χ1n) is 5.24. The second-order valence-corrected chi connectivity index (χ2v) is 3.25. The predicted molar refractivity (Wildman–Crippen MR) is 58.3 cm³/mol. The van der Waals surface area contributed by atoms with E-state index in [0.29, 0.717) is 13.1 Å². The Bertz CT molecular complexity index is 308. The molecule has 15 heavy (non-hydrogen) atoms. The molecule has 0 aliphatic heterocycles. The molecule has 0 saturated carbocycles. The Morgan fingerprint density at radius 3 is 2.93 bits per heavy atom. The molecule has 0 bridgehead atoms. The van der Waals surface area contributed by atoms with Gasteiger partial charge in [0.1, 0.15) is 6.54 Å². The van der Waals surface area contributed by atoms with Gasteiger partial charge in [0, 0.05) is 19.3 Å². The summed E-state index contributed by atoms with van der Waals surface area (Å²) in [6.07, 6.45) is 3.46. The molecule has 1 heterocycles. The molecule has 1 amide bonds. The van der Waals surface area contributed by atoms with Gasteiger partial charge in [-0.3, -0.25) is 4.79 Å². The summed E-state index contributed by atoms with van der Waals surface area (Å²) in [4.78, 5) is 15.4. The lowest BCUT2D eigenvalue weighted by atomic mass is 10.4. The van der Waals surface area contributed by atoms with E-state index in [1.165, 1.54) is 0 Å². The van der Waals surface area contributed by atoms with Crippen LogP contribution in [-0.4, -0.2) is 28.5 Å². The Morgan fingerprint density at radius 1 is 1.47 bits per heavy atom. The van der Waals surface area contributed by atoms with Crippen molar-refractivity contribution in [3.05, 3.63) is 18.2 Å². The summed E-state index contributed by atoms with van der Waals surface area (Å²) < 4.78 is 1.85. The van der Waals surface area contributed by atoms with Gasteiger partial charge in [0.15, 0.2) is 0 Å². The monoisotopic (exact) mass is 210 g/mol. The van der Waals surface area contributed by atoms with Crippen molar-refractivity contribution in [3.8, 4) is 0 Å². The summed E-state index contributed by atoms with van der Waals surface area (Å²) in [5.74, 6) is 0.0215. The molecule has 5 nitrogen and oxygen atoms in total.